The van der Waals surface area contributed by atoms with Gasteiger partial charge in [-0.25, -0.2) is 0 Å². The van der Waals surface area contributed by atoms with Gasteiger partial charge < -0.3 is 0 Å². The van der Waals surface area contributed by atoms with Crippen LogP contribution in [-0.4, -0.2) is 0 Å². The molecule has 0 saturated heterocycles. The number of rotatable bonds is 4. The highest BCUT2D eigenvalue weighted by Gasteiger charge is 2.40. The van der Waals surface area contributed by atoms with E-state index in [1.165, 1.54) is 56.6 Å². The Hall–Kier alpha value is -2.60. The molecule has 1 atom stereocenters. The Morgan fingerprint density at radius 3 is 1.45 bits per heavy atom. The second-order valence-electron chi connectivity index (χ2n) is 9.20. The van der Waals surface area contributed by atoms with Gasteiger partial charge in [0.05, 0.1) is 0 Å². The molecule has 5 rings (SSSR count). The summed E-state index contributed by atoms with van der Waals surface area (Å²) in [5.74, 6) is 1.04. The number of hydrogen-bond acceptors (Lipinski definition) is 0. The van der Waals surface area contributed by atoms with E-state index < -0.39 is 0 Å². The minimum Gasteiger partial charge on any atom is -0.0649 e. The molecule has 0 bridgehead atoms. The Bertz CT molecular complexity index is 1120. The smallest absolute Gasteiger partial charge is 0.0133 e. The third kappa shape index (κ3) is 2.73. The van der Waals surface area contributed by atoms with Crippen molar-refractivity contribution in [1.82, 2.24) is 0 Å². The van der Waals surface area contributed by atoms with Crippen molar-refractivity contribution in [2.75, 3.05) is 0 Å². The maximum atomic E-state index is 2.49. The average Bonchev–Trinajstić information content (AvgIpc) is 3.07. The van der Waals surface area contributed by atoms with Crippen LogP contribution in [0.2, 0.25) is 0 Å². The van der Waals surface area contributed by atoms with Crippen LogP contribution < -0.4 is 0 Å². The quantitative estimate of drug-likeness (QED) is 0.333. The molecule has 4 aromatic carbocycles. The van der Waals surface area contributed by atoms with Crippen molar-refractivity contribution in [2.24, 2.45) is 11.3 Å². The van der Waals surface area contributed by atoms with Crippen molar-refractivity contribution in [3.63, 3.8) is 0 Å². The summed E-state index contributed by atoms with van der Waals surface area (Å²) in [5.41, 5.74) is 6.26. The Labute approximate surface area is 174 Å². The minimum atomic E-state index is 0.334. The van der Waals surface area contributed by atoms with E-state index in [9.17, 15) is 0 Å². The van der Waals surface area contributed by atoms with Crippen LogP contribution in [0.3, 0.4) is 0 Å². The molecule has 0 heteroatoms. The summed E-state index contributed by atoms with van der Waals surface area (Å²) in [6.07, 6.45) is 2.43. The standard InChI is InChI=1S/C29H30/c1-5-29(4,6-2)19(3)28-26-17-22-13-9-7-11-20(22)15-24(26)25-16-21-12-8-10-14-23(21)18-27(25)28/h7-19,28H,5-6H2,1-4H3. The van der Waals surface area contributed by atoms with Crippen LogP contribution in [-0.2, 0) is 0 Å². The van der Waals surface area contributed by atoms with Gasteiger partial charge in [-0.05, 0) is 79.4 Å². The molecule has 0 nitrogen and oxygen atoms in total. The van der Waals surface area contributed by atoms with Gasteiger partial charge in [-0.2, -0.15) is 0 Å². The van der Waals surface area contributed by atoms with Gasteiger partial charge in [0.25, 0.3) is 0 Å². The van der Waals surface area contributed by atoms with E-state index in [0.29, 0.717) is 17.3 Å². The fraction of sp³-hybridized carbons (Fsp3) is 0.310. The van der Waals surface area contributed by atoms with Crippen molar-refractivity contribution in [1.29, 1.82) is 0 Å². The summed E-state index contributed by atoms with van der Waals surface area (Å²) >= 11 is 0. The van der Waals surface area contributed by atoms with Gasteiger partial charge in [-0.15, -0.1) is 0 Å². The van der Waals surface area contributed by atoms with Gasteiger partial charge in [0, 0.05) is 5.92 Å². The SMILES string of the molecule is CCC(C)(CC)C(C)C1c2cc3ccccc3cc2-c2cc3ccccc3cc21. The largest absolute Gasteiger partial charge is 0.0649 e. The van der Waals surface area contributed by atoms with Gasteiger partial charge >= 0.3 is 0 Å². The van der Waals surface area contributed by atoms with Crippen molar-refractivity contribution in [3.8, 4) is 11.1 Å². The Balaban J connectivity index is 1.82. The zero-order valence-corrected chi connectivity index (χ0v) is 18.0. The van der Waals surface area contributed by atoms with E-state index in [1.807, 2.05) is 0 Å². The lowest BCUT2D eigenvalue weighted by molar-refractivity contribution is 0.168. The first-order valence-electron chi connectivity index (χ1n) is 11.1. The maximum absolute atomic E-state index is 2.49. The lowest BCUT2D eigenvalue weighted by Crippen LogP contribution is -2.28. The highest BCUT2D eigenvalue weighted by Crippen LogP contribution is 2.55. The summed E-state index contributed by atoms with van der Waals surface area (Å²) in [7, 11) is 0. The molecule has 0 heterocycles. The monoisotopic (exact) mass is 378 g/mol. The average molecular weight is 379 g/mol. The lowest BCUT2D eigenvalue weighted by Gasteiger charge is -2.38. The van der Waals surface area contributed by atoms with E-state index in [0.717, 1.165) is 0 Å². The summed E-state index contributed by atoms with van der Waals surface area (Å²) < 4.78 is 0. The van der Waals surface area contributed by atoms with Crippen LogP contribution >= 0.6 is 0 Å². The molecule has 0 fully saturated rings. The first-order chi connectivity index (χ1) is 14.1. The Morgan fingerprint density at radius 1 is 0.690 bits per heavy atom. The van der Waals surface area contributed by atoms with Crippen LogP contribution in [0.5, 0.6) is 0 Å². The van der Waals surface area contributed by atoms with Crippen LogP contribution in [0, 0.1) is 11.3 Å². The molecule has 0 aliphatic heterocycles. The second-order valence-corrected chi connectivity index (χ2v) is 9.20. The second kappa shape index (κ2) is 6.73. The lowest BCUT2D eigenvalue weighted by atomic mass is 9.66. The third-order valence-corrected chi connectivity index (χ3v) is 8.01. The van der Waals surface area contributed by atoms with Gasteiger partial charge in [0.1, 0.15) is 0 Å². The van der Waals surface area contributed by atoms with E-state index in [2.05, 4.69) is 100 Å². The normalized spacial score (nSPS) is 14.9. The van der Waals surface area contributed by atoms with Crippen LogP contribution in [0.25, 0.3) is 32.7 Å². The van der Waals surface area contributed by atoms with Gasteiger partial charge in [-0.1, -0.05) is 89.1 Å². The van der Waals surface area contributed by atoms with E-state index >= 15 is 0 Å². The van der Waals surface area contributed by atoms with Crippen LogP contribution in [0.4, 0.5) is 0 Å². The van der Waals surface area contributed by atoms with Gasteiger partial charge in [-0.3, -0.25) is 0 Å². The molecule has 1 unspecified atom stereocenters. The van der Waals surface area contributed by atoms with E-state index in [4.69, 9.17) is 0 Å². The van der Waals surface area contributed by atoms with Gasteiger partial charge in [0.15, 0.2) is 0 Å². The number of hydrogen-bond donors (Lipinski definition) is 0. The topological polar surface area (TPSA) is 0 Å². The Morgan fingerprint density at radius 2 is 1.07 bits per heavy atom. The molecule has 29 heavy (non-hydrogen) atoms. The van der Waals surface area contributed by atoms with Crippen molar-refractivity contribution in [3.05, 3.63) is 83.9 Å². The molecule has 0 radical (unpaired) electrons. The van der Waals surface area contributed by atoms with Crippen molar-refractivity contribution < 1.29 is 0 Å². The first kappa shape index (κ1) is 18.4. The molecule has 0 aromatic heterocycles. The van der Waals surface area contributed by atoms with E-state index in [1.54, 1.807) is 0 Å². The van der Waals surface area contributed by atoms with Gasteiger partial charge in [0.2, 0.25) is 0 Å². The molecule has 0 spiro atoms. The van der Waals surface area contributed by atoms with E-state index in [-0.39, 0.29) is 0 Å². The third-order valence-electron chi connectivity index (χ3n) is 8.01. The zero-order valence-electron chi connectivity index (χ0n) is 18.0. The first-order valence-corrected chi connectivity index (χ1v) is 11.1. The summed E-state index contributed by atoms with van der Waals surface area (Å²) in [6, 6.07) is 27.4. The molecule has 0 saturated carbocycles. The van der Waals surface area contributed by atoms with Crippen LogP contribution in [0.15, 0.2) is 72.8 Å². The fourth-order valence-electron chi connectivity index (χ4n) is 5.50. The van der Waals surface area contributed by atoms with Crippen LogP contribution in [0.1, 0.15) is 57.6 Å². The molecule has 0 amide bonds. The predicted molar refractivity (Wildman–Crippen MR) is 127 cm³/mol. The molecular formula is C29H30. The molecule has 4 aromatic rings. The number of benzene rings is 4. The molecule has 1 aliphatic carbocycles. The molecular weight excluding hydrogens is 348 g/mol. The predicted octanol–water partition coefficient (Wildman–Crippen LogP) is 8.57. The fourth-order valence-corrected chi connectivity index (χ4v) is 5.50. The highest BCUT2D eigenvalue weighted by atomic mass is 14.4. The number of fused-ring (bicyclic) bond motifs is 5. The summed E-state index contributed by atoms with van der Waals surface area (Å²) in [5, 5.41) is 5.39. The molecule has 1 aliphatic rings. The van der Waals surface area contributed by atoms with Crippen molar-refractivity contribution in [2.45, 2.75) is 46.5 Å². The minimum absolute atomic E-state index is 0.334. The zero-order chi connectivity index (χ0) is 20.2. The summed E-state index contributed by atoms with van der Waals surface area (Å²) in [6.45, 7) is 9.69. The van der Waals surface area contributed by atoms with Crippen molar-refractivity contribution >= 4 is 21.5 Å². The maximum Gasteiger partial charge on any atom is 0.0133 e. The highest BCUT2D eigenvalue weighted by molar-refractivity contribution is 5.97. The molecule has 146 valence electrons. The Kier molecular flexibility index (Phi) is 4.28. The molecule has 0 N–H and O–H groups in total. The summed E-state index contributed by atoms with van der Waals surface area (Å²) in [4.78, 5) is 0.